The van der Waals surface area contributed by atoms with Crippen LogP contribution in [0.5, 0.6) is 0 Å². The highest BCUT2D eigenvalue weighted by molar-refractivity contribution is 8.18. The molecule has 0 saturated carbocycles. The Morgan fingerprint density at radius 2 is 1.79 bits per heavy atom. The molecule has 1 aromatic carbocycles. The van der Waals surface area contributed by atoms with Crippen LogP contribution in [0.3, 0.4) is 0 Å². The maximum Gasteiger partial charge on any atom is 0.266 e. The molecule has 0 aliphatic carbocycles. The van der Waals surface area contributed by atoms with Crippen molar-refractivity contribution in [2.45, 2.75) is 60.2 Å². The van der Waals surface area contributed by atoms with Gasteiger partial charge in [0, 0.05) is 30.0 Å². The molecular weight excluding hydrogens is 366 g/mol. The van der Waals surface area contributed by atoms with Gasteiger partial charge < -0.3 is 4.57 Å². The Kier molecular flexibility index (Phi) is 6.14. The van der Waals surface area contributed by atoms with Crippen molar-refractivity contribution in [1.29, 1.82) is 0 Å². The lowest BCUT2D eigenvalue weighted by molar-refractivity contribution is -0.123. The van der Waals surface area contributed by atoms with Crippen LogP contribution in [0.15, 0.2) is 46.3 Å². The molecule has 1 amide bonds. The van der Waals surface area contributed by atoms with E-state index in [9.17, 15) is 4.79 Å². The van der Waals surface area contributed by atoms with Gasteiger partial charge in [-0.2, -0.15) is 0 Å². The minimum Gasteiger partial charge on any atom is -0.344 e. The summed E-state index contributed by atoms with van der Waals surface area (Å²) >= 11 is 1.48. The smallest absolute Gasteiger partial charge is 0.266 e. The lowest BCUT2D eigenvalue weighted by atomic mass is 10.2. The average molecular weight is 396 g/mol. The Morgan fingerprint density at radius 3 is 2.39 bits per heavy atom. The van der Waals surface area contributed by atoms with Gasteiger partial charge in [-0.1, -0.05) is 30.3 Å². The van der Waals surface area contributed by atoms with E-state index in [4.69, 9.17) is 0 Å². The molecule has 1 aromatic heterocycles. The Morgan fingerprint density at radius 1 is 1.11 bits per heavy atom. The SMILES string of the molecule is Cc1cc(/C=C2/SC(=NC(C)C)N(C(C)C)C2=O)c(C)n1Cc1ccccc1. The molecule has 1 aliphatic heterocycles. The van der Waals surface area contributed by atoms with E-state index in [1.165, 1.54) is 28.7 Å². The number of nitrogens with zero attached hydrogens (tertiary/aromatic N) is 3. The zero-order chi connectivity index (χ0) is 20.4. The fraction of sp³-hybridized carbons (Fsp3) is 0.391. The number of rotatable bonds is 5. The quantitative estimate of drug-likeness (QED) is 0.649. The number of carbonyl (C=O) groups is 1. The molecule has 0 radical (unpaired) electrons. The molecule has 0 atom stereocenters. The van der Waals surface area contributed by atoms with Gasteiger partial charge in [0.05, 0.1) is 4.91 Å². The Hall–Kier alpha value is -2.27. The summed E-state index contributed by atoms with van der Waals surface area (Å²) < 4.78 is 2.30. The van der Waals surface area contributed by atoms with Crippen LogP contribution in [0.2, 0.25) is 0 Å². The third kappa shape index (κ3) is 4.25. The van der Waals surface area contributed by atoms with E-state index in [1.54, 1.807) is 4.90 Å². The van der Waals surface area contributed by atoms with Crippen LogP contribution in [-0.2, 0) is 11.3 Å². The van der Waals surface area contributed by atoms with Crippen LogP contribution in [0.25, 0.3) is 6.08 Å². The van der Waals surface area contributed by atoms with Gasteiger partial charge in [0.15, 0.2) is 5.17 Å². The van der Waals surface area contributed by atoms with Gasteiger partial charge in [0.1, 0.15) is 0 Å². The van der Waals surface area contributed by atoms with Gasteiger partial charge in [-0.05, 0) is 76.6 Å². The van der Waals surface area contributed by atoms with Gasteiger partial charge in [-0.15, -0.1) is 0 Å². The van der Waals surface area contributed by atoms with Crippen molar-refractivity contribution in [2.75, 3.05) is 0 Å². The molecule has 0 N–H and O–H groups in total. The van der Waals surface area contributed by atoms with Gasteiger partial charge in [0.25, 0.3) is 5.91 Å². The zero-order valence-electron chi connectivity index (χ0n) is 17.6. The molecule has 28 heavy (non-hydrogen) atoms. The second kappa shape index (κ2) is 8.39. The minimum absolute atomic E-state index is 0.0484. The number of hydrogen-bond donors (Lipinski definition) is 0. The zero-order valence-corrected chi connectivity index (χ0v) is 18.4. The van der Waals surface area contributed by atoms with Crippen molar-refractivity contribution >= 4 is 28.9 Å². The van der Waals surface area contributed by atoms with Crippen molar-refractivity contribution in [3.63, 3.8) is 0 Å². The minimum atomic E-state index is 0.0484. The molecule has 0 unspecified atom stereocenters. The number of aliphatic imine (C=N–C) groups is 1. The molecule has 2 heterocycles. The molecule has 4 nitrogen and oxygen atoms in total. The van der Waals surface area contributed by atoms with Gasteiger partial charge in [0.2, 0.25) is 0 Å². The van der Waals surface area contributed by atoms with Crippen LogP contribution in [0, 0.1) is 13.8 Å². The van der Waals surface area contributed by atoms with Crippen LogP contribution in [0.1, 0.15) is 50.2 Å². The first kappa shape index (κ1) is 20.5. The number of aromatic nitrogens is 1. The molecule has 1 saturated heterocycles. The van der Waals surface area contributed by atoms with Gasteiger partial charge >= 0.3 is 0 Å². The van der Waals surface area contributed by atoms with Crippen LogP contribution < -0.4 is 0 Å². The van der Waals surface area contributed by atoms with Crippen molar-refractivity contribution in [3.8, 4) is 0 Å². The number of amidine groups is 1. The standard InChI is InChI=1S/C23H29N3OS/c1-15(2)24-23-26(16(3)4)22(27)21(28-23)13-20-12-17(5)25(18(20)6)14-19-10-8-7-9-11-19/h7-13,15-16H,14H2,1-6H3/b21-13+,24-23?. The highest BCUT2D eigenvalue weighted by atomic mass is 32.2. The summed E-state index contributed by atoms with van der Waals surface area (Å²) in [7, 11) is 0. The molecule has 0 spiro atoms. The largest absolute Gasteiger partial charge is 0.344 e. The Labute approximate surface area is 172 Å². The third-order valence-electron chi connectivity index (χ3n) is 4.80. The summed E-state index contributed by atoms with van der Waals surface area (Å²) in [6.07, 6.45) is 2.02. The highest BCUT2D eigenvalue weighted by Gasteiger charge is 2.35. The van der Waals surface area contributed by atoms with Gasteiger partial charge in [-0.25, -0.2) is 0 Å². The first-order chi connectivity index (χ1) is 13.3. The summed E-state index contributed by atoms with van der Waals surface area (Å²) in [5, 5.41) is 0.805. The lowest BCUT2D eigenvalue weighted by Crippen LogP contribution is -2.35. The number of benzene rings is 1. The summed E-state index contributed by atoms with van der Waals surface area (Å²) in [6.45, 7) is 13.2. The van der Waals surface area contributed by atoms with Gasteiger partial charge in [-0.3, -0.25) is 14.7 Å². The molecule has 2 aromatic rings. The topological polar surface area (TPSA) is 37.6 Å². The van der Waals surface area contributed by atoms with Crippen molar-refractivity contribution in [1.82, 2.24) is 9.47 Å². The fourth-order valence-corrected chi connectivity index (χ4v) is 4.60. The molecule has 0 bridgehead atoms. The van der Waals surface area contributed by atoms with E-state index in [1.807, 2.05) is 39.8 Å². The number of amides is 1. The van der Waals surface area contributed by atoms with Crippen LogP contribution in [0.4, 0.5) is 0 Å². The maximum atomic E-state index is 13.0. The van der Waals surface area contributed by atoms with E-state index < -0.39 is 0 Å². The first-order valence-electron chi connectivity index (χ1n) is 9.79. The normalized spacial score (nSPS) is 17.7. The second-order valence-corrected chi connectivity index (χ2v) is 8.79. The number of thioether (sulfide) groups is 1. The van der Waals surface area contributed by atoms with Crippen LogP contribution in [-0.4, -0.2) is 32.6 Å². The molecular formula is C23H29N3OS. The predicted molar refractivity (Wildman–Crippen MR) is 120 cm³/mol. The van der Waals surface area contributed by atoms with E-state index in [0.29, 0.717) is 0 Å². The summed E-state index contributed by atoms with van der Waals surface area (Å²) in [5.74, 6) is 0.0484. The number of aryl methyl sites for hydroxylation is 1. The van der Waals surface area contributed by atoms with E-state index >= 15 is 0 Å². The Bertz CT molecular complexity index is 923. The van der Waals surface area contributed by atoms with E-state index in [-0.39, 0.29) is 18.0 Å². The maximum absolute atomic E-state index is 13.0. The molecule has 5 heteroatoms. The summed E-state index contributed by atoms with van der Waals surface area (Å²) in [6, 6.07) is 12.9. The van der Waals surface area contributed by atoms with Crippen molar-refractivity contribution in [2.24, 2.45) is 4.99 Å². The Balaban J connectivity index is 1.93. The van der Waals surface area contributed by atoms with E-state index in [0.717, 1.165) is 22.2 Å². The molecule has 3 rings (SSSR count). The van der Waals surface area contributed by atoms with E-state index in [2.05, 4.69) is 53.7 Å². The third-order valence-corrected chi connectivity index (χ3v) is 5.80. The summed E-state index contributed by atoms with van der Waals surface area (Å²) in [5.41, 5.74) is 4.74. The van der Waals surface area contributed by atoms with Crippen molar-refractivity contribution in [3.05, 3.63) is 63.8 Å². The lowest BCUT2D eigenvalue weighted by Gasteiger charge is -2.20. The number of hydrogen-bond acceptors (Lipinski definition) is 3. The first-order valence-corrected chi connectivity index (χ1v) is 10.6. The molecule has 1 aliphatic rings. The van der Waals surface area contributed by atoms with Crippen LogP contribution >= 0.6 is 11.8 Å². The second-order valence-electron chi connectivity index (χ2n) is 7.78. The fourth-order valence-electron chi connectivity index (χ4n) is 3.38. The molecule has 148 valence electrons. The monoisotopic (exact) mass is 395 g/mol. The summed E-state index contributed by atoms with van der Waals surface area (Å²) in [4.78, 5) is 20.2. The number of carbonyl (C=O) groups excluding carboxylic acids is 1. The predicted octanol–water partition coefficient (Wildman–Crippen LogP) is 5.24. The molecule has 1 fully saturated rings. The average Bonchev–Trinajstić information content (AvgIpc) is 3.06. The highest BCUT2D eigenvalue weighted by Crippen LogP contribution is 2.35. The van der Waals surface area contributed by atoms with Crippen molar-refractivity contribution < 1.29 is 4.79 Å².